The van der Waals surface area contributed by atoms with Crippen LogP contribution in [0.1, 0.15) is 39.5 Å². The Labute approximate surface area is 85.5 Å². The smallest absolute Gasteiger partial charge is 0.240 e. The second-order valence-corrected chi connectivity index (χ2v) is 4.50. The summed E-state index contributed by atoms with van der Waals surface area (Å²) in [4.78, 5) is 11.8. The van der Waals surface area contributed by atoms with E-state index in [9.17, 15) is 4.79 Å². The van der Waals surface area contributed by atoms with Gasteiger partial charge in [-0.3, -0.25) is 4.79 Å². The molecule has 0 radical (unpaired) electrons. The van der Waals surface area contributed by atoms with Crippen LogP contribution < -0.4 is 5.32 Å². The molecule has 0 spiro atoms. The quantitative estimate of drug-likeness (QED) is 0.745. The summed E-state index contributed by atoms with van der Waals surface area (Å²) >= 11 is 0. The molecule has 0 aromatic heterocycles. The number of rotatable bonds is 3. The molecule has 1 aliphatic carbocycles. The number of carbonyl (C=O) groups excluding carboxylic acids is 1. The summed E-state index contributed by atoms with van der Waals surface area (Å²) in [5.41, 5.74) is -0.713. The molecule has 3 nitrogen and oxygen atoms in total. The van der Waals surface area contributed by atoms with Crippen LogP contribution in [0.5, 0.6) is 0 Å². The van der Waals surface area contributed by atoms with E-state index in [1.165, 1.54) is 0 Å². The number of nitriles is 1. The van der Waals surface area contributed by atoms with Crippen LogP contribution in [0.25, 0.3) is 0 Å². The van der Waals surface area contributed by atoms with Crippen LogP contribution >= 0.6 is 0 Å². The van der Waals surface area contributed by atoms with Gasteiger partial charge >= 0.3 is 0 Å². The number of carbonyl (C=O) groups is 1. The van der Waals surface area contributed by atoms with Gasteiger partial charge in [-0.15, -0.1) is 0 Å². The van der Waals surface area contributed by atoms with E-state index in [0.717, 1.165) is 25.7 Å². The molecule has 14 heavy (non-hydrogen) atoms. The van der Waals surface area contributed by atoms with Gasteiger partial charge in [0.25, 0.3) is 0 Å². The Kier molecular flexibility index (Phi) is 3.51. The molecule has 0 aromatic rings. The highest BCUT2D eigenvalue weighted by Gasteiger charge is 2.41. The molecule has 1 saturated carbocycles. The van der Waals surface area contributed by atoms with E-state index >= 15 is 0 Å². The second-order valence-electron chi connectivity index (χ2n) is 4.50. The summed E-state index contributed by atoms with van der Waals surface area (Å²) in [6.07, 6.45) is 3.46. The van der Waals surface area contributed by atoms with Crippen molar-refractivity contribution in [2.75, 3.05) is 6.54 Å². The van der Waals surface area contributed by atoms with Crippen LogP contribution in [0.15, 0.2) is 0 Å². The molecule has 3 heteroatoms. The first-order valence-corrected chi connectivity index (χ1v) is 5.30. The molecule has 0 saturated heterocycles. The monoisotopic (exact) mass is 194 g/mol. The zero-order valence-corrected chi connectivity index (χ0v) is 8.97. The first-order chi connectivity index (χ1) is 6.60. The molecule has 0 heterocycles. The first-order valence-electron chi connectivity index (χ1n) is 5.30. The average molecular weight is 194 g/mol. The van der Waals surface area contributed by atoms with Crippen molar-refractivity contribution in [1.29, 1.82) is 5.26 Å². The van der Waals surface area contributed by atoms with Gasteiger partial charge in [-0.1, -0.05) is 26.7 Å². The van der Waals surface area contributed by atoms with Gasteiger partial charge in [0.1, 0.15) is 5.41 Å². The zero-order chi connectivity index (χ0) is 10.6. The highest BCUT2D eigenvalue weighted by Crippen LogP contribution is 2.37. The van der Waals surface area contributed by atoms with Crippen molar-refractivity contribution in [2.45, 2.75) is 39.5 Å². The molecule has 0 aliphatic heterocycles. The standard InChI is InChI=1S/C11H18N2O/c1-9(2)7-13-10(14)11(8-12)5-3-4-6-11/h9H,3-7H2,1-2H3,(H,13,14). The van der Waals surface area contributed by atoms with Crippen LogP contribution in [0.4, 0.5) is 0 Å². The van der Waals surface area contributed by atoms with Gasteiger partial charge in [0.15, 0.2) is 0 Å². The summed E-state index contributed by atoms with van der Waals surface area (Å²) < 4.78 is 0. The Morgan fingerprint density at radius 3 is 2.50 bits per heavy atom. The van der Waals surface area contributed by atoms with Crippen molar-refractivity contribution >= 4 is 5.91 Å². The molecule has 0 bridgehead atoms. The minimum atomic E-state index is -0.713. The molecule has 1 N–H and O–H groups in total. The lowest BCUT2D eigenvalue weighted by atomic mass is 9.87. The molecule has 1 rings (SSSR count). The Balaban J connectivity index is 2.53. The molecule has 1 aliphatic rings. The molecule has 0 unspecified atom stereocenters. The van der Waals surface area contributed by atoms with Gasteiger partial charge in [-0.05, 0) is 18.8 Å². The van der Waals surface area contributed by atoms with Crippen LogP contribution in [0, 0.1) is 22.7 Å². The molecule has 1 amide bonds. The topological polar surface area (TPSA) is 52.9 Å². The fourth-order valence-corrected chi connectivity index (χ4v) is 1.83. The largest absolute Gasteiger partial charge is 0.354 e. The van der Waals surface area contributed by atoms with Crippen molar-refractivity contribution in [3.63, 3.8) is 0 Å². The first kappa shape index (κ1) is 11.0. The molecule has 1 fully saturated rings. The summed E-state index contributed by atoms with van der Waals surface area (Å²) in [5.74, 6) is 0.377. The van der Waals surface area contributed by atoms with Crippen molar-refractivity contribution in [3.8, 4) is 6.07 Å². The molecular weight excluding hydrogens is 176 g/mol. The highest BCUT2D eigenvalue weighted by molar-refractivity contribution is 5.85. The van der Waals surface area contributed by atoms with Crippen LogP contribution in [-0.2, 0) is 4.79 Å². The maximum Gasteiger partial charge on any atom is 0.240 e. The Hall–Kier alpha value is -1.04. The average Bonchev–Trinajstić information content (AvgIpc) is 2.63. The number of hydrogen-bond donors (Lipinski definition) is 1. The van der Waals surface area contributed by atoms with Crippen LogP contribution in [-0.4, -0.2) is 12.5 Å². The van der Waals surface area contributed by atoms with Gasteiger partial charge in [-0.25, -0.2) is 0 Å². The highest BCUT2D eigenvalue weighted by atomic mass is 16.2. The van der Waals surface area contributed by atoms with Gasteiger partial charge < -0.3 is 5.32 Å². The zero-order valence-electron chi connectivity index (χ0n) is 8.97. The fraction of sp³-hybridized carbons (Fsp3) is 0.818. The van der Waals surface area contributed by atoms with E-state index in [1.807, 2.05) is 13.8 Å². The molecule has 78 valence electrons. The third-order valence-corrected chi connectivity index (χ3v) is 2.78. The number of hydrogen-bond acceptors (Lipinski definition) is 2. The van der Waals surface area contributed by atoms with E-state index in [-0.39, 0.29) is 5.91 Å². The SMILES string of the molecule is CC(C)CNC(=O)C1(C#N)CCCC1. The van der Waals surface area contributed by atoms with E-state index in [0.29, 0.717) is 12.5 Å². The van der Waals surface area contributed by atoms with Crippen LogP contribution in [0.3, 0.4) is 0 Å². The maximum atomic E-state index is 11.8. The van der Waals surface area contributed by atoms with Gasteiger partial charge in [0.2, 0.25) is 5.91 Å². The van der Waals surface area contributed by atoms with Crippen LogP contribution in [0.2, 0.25) is 0 Å². The minimum Gasteiger partial charge on any atom is -0.354 e. The normalized spacial score (nSPS) is 19.3. The van der Waals surface area contributed by atoms with E-state index < -0.39 is 5.41 Å². The van der Waals surface area contributed by atoms with E-state index in [2.05, 4.69) is 11.4 Å². The summed E-state index contributed by atoms with van der Waals surface area (Å²) in [5, 5.41) is 11.9. The van der Waals surface area contributed by atoms with Gasteiger partial charge in [0.05, 0.1) is 6.07 Å². The lowest BCUT2D eigenvalue weighted by Gasteiger charge is -2.19. The number of amides is 1. The van der Waals surface area contributed by atoms with E-state index in [1.54, 1.807) is 0 Å². The summed E-state index contributed by atoms with van der Waals surface area (Å²) in [6.45, 7) is 4.77. The van der Waals surface area contributed by atoms with Gasteiger partial charge in [0, 0.05) is 6.54 Å². The van der Waals surface area contributed by atoms with Crippen molar-refractivity contribution in [3.05, 3.63) is 0 Å². The fourth-order valence-electron chi connectivity index (χ4n) is 1.83. The van der Waals surface area contributed by atoms with Crippen molar-refractivity contribution in [2.24, 2.45) is 11.3 Å². The Morgan fingerprint density at radius 1 is 1.50 bits per heavy atom. The third kappa shape index (κ3) is 2.25. The second kappa shape index (κ2) is 4.45. The minimum absolute atomic E-state index is 0.0637. The van der Waals surface area contributed by atoms with Crippen molar-refractivity contribution in [1.82, 2.24) is 5.32 Å². The summed E-state index contributed by atoms with van der Waals surface area (Å²) in [7, 11) is 0. The maximum absolute atomic E-state index is 11.8. The molecule has 0 aromatic carbocycles. The number of nitrogens with one attached hydrogen (secondary N) is 1. The van der Waals surface area contributed by atoms with Crippen molar-refractivity contribution < 1.29 is 4.79 Å². The molecule has 0 atom stereocenters. The number of nitrogens with zero attached hydrogens (tertiary/aromatic N) is 1. The predicted molar refractivity (Wildman–Crippen MR) is 54.4 cm³/mol. The molecular formula is C11H18N2O. The third-order valence-electron chi connectivity index (χ3n) is 2.78. The van der Waals surface area contributed by atoms with E-state index in [4.69, 9.17) is 5.26 Å². The lowest BCUT2D eigenvalue weighted by molar-refractivity contribution is -0.128. The summed E-state index contributed by atoms with van der Waals surface area (Å²) in [6, 6.07) is 2.19. The van der Waals surface area contributed by atoms with Gasteiger partial charge in [-0.2, -0.15) is 5.26 Å². The lowest BCUT2D eigenvalue weighted by Crippen LogP contribution is -2.39. The Bertz CT molecular complexity index is 247. The predicted octanol–water partition coefficient (Wildman–Crippen LogP) is 1.84. The Morgan fingerprint density at radius 2 is 2.07 bits per heavy atom.